The van der Waals surface area contributed by atoms with E-state index < -0.39 is 0 Å². The average molecular weight is 353 g/mol. The van der Waals surface area contributed by atoms with E-state index in [1.807, 2.05) is 49.4 Å². The topological polar surface area (TPSA) is 20.3 Å². The van der Waals surface area contributed by atoms with Crippen molar-refractivity contribution in [2.24, 2.45) is 0 Å². The Morgan fingerprint density at radius 2 is 1.85 bits per heavy atom. The Bertz CT molecular complexity index is 625. The molecule has 0 unspecified atom stereocenters. The summed E-state index contributed by atoms with van der Waals surface area (Å²) in [5.74, 6) is -0.00757. The molecule has 2 rings (SSSR count). The van der Waals surface area contributed by atoms with Crippen LogP contribution >= 0.6 is 27.5 Å². The van der Waals surface area contributed by atoms with Crippen LogP contribution in [-0.4, -0.2) is 17.9 Å². The molecular weight excluding hydrogens is 338 g/mol. The summed E-state index contributed by atoms with van der Waals surface area (Å²) in [6, 6.07) is 13.2. The molecule has 2 aromatic carbocycles. The molecule has 4 heteroatoms. The lowest BCUT2D eigenvalue weighted by molar-refractivity contribution is 0.0784. The zero-order valence-electron chi connectivity index (χ0n) is 11.4. The van der Waals surface area contributed by atoms with Crippen molar-refractivity contribution in [1.29, 1.82) is 0 Å². The molecule has 1 amide bonds. The quantitative estimate of drug-likeness (QED) is 0.785. The van der Waals surface area contributed by atoms with E-state index in [0.717, 1.165) is 15.6 Å². The van der Waals surface area contributed by atoms with Crippen LogP contribution in [0.25, 0.3) is 0 Å². The van der Waals surface area contributed by atoms with E-state index in [9.17, 15) is 4.79 Å². The van der Waals surface area contributed by atoms with Gasteiger partial charge in [0.05, 0.1) is 5.56 Å². The van der Waals surface area contributed by atoms with Gasteiger partial charge in [-0.25, -0.2) is 0 Å². The predicted molar refractivity (Wildman–Crippen MR) is 86.1 cm³/mol. The first-order chi connectivity index (χ1) is 9.47. The highest BCUT2D eigenvalue weighted by molar-refractivity contribution is 9.10. The van der Waals surface area contributed by atoms with Gasteiger partial charge in [0.2, 0.25) is 0 Å². The second-order valence-electron chi connectivity index (χ2n) is 4.77. The Morgan fingerprint density at radius 1 is 1.20 bits per heavy atom. The summed E-state index contributed by atoms with van der Waals surface area (Å²) in [6.07, 6.45) is 0. The van der Waals surface area contributed by atoms with E-state index in [1.165, 1.54) is 0 Å². The minimum atomic E-state index is -0.00757. The Morgan fingerprint density at radius 3 is 2.45 bits per heavy atom. The number of nitrogens with zero attached hydrogens (tertiary/aromatic N) is 1. The molecule has 0 atom stereocenters. The highest BCUT2D eigenvalue weighted by Gasteiger charge is 2.15. The number of amides is 1. The number of carbonyl (C=O) groups is 1. The Balaban J connectivity index is 2.14. The maximum atomic E-state index is 12.4. The van der Waals surface area contributed by atoms with Gasteiger partial charge in [-0.05, 0) is 58.2 Å². The van der Waals surface area contributed by atoms with E-state index in [0.29, 0.717) is 17.1 Å². The first kappa shape index (κ1) is 15.1. The summed E-state index contributed by atoms with van der Waals surface area (Å²) in [5, 5.41) is 0.698. The van der Waals surface area contributed by atoms with Crippen molar-refractivity contribution in [2.75, 3.05) is 7.05 Å². The standard InChI is InChI=1S/C16H15BrClNO/c1-11-3-8-14(15(17)9-11)16(20)19(2)10-12-4-6-13(18)7-5-12/h3-9H,10H2,1-2H3. The molecule has 0 aliphatic heterocycles. The summed E-state index contributed by atoms with van der Waals surface area (Å²) in [7, 11) is 1.79. The van der Waals surface area contributed by atoms with Crippen molar-refractivity contribution in [3.63, 3.8) is 0 Å². The third-order valence-electron chi connectivity index (χ3n) is 3.03. The Labute approximate surface area is 132 Å². The zero-order chi connectivity index (χ0) is 14.7. The van der Waals surface area contributed by atoms with Crippen LogP contribution < -0.4 is 0 Å². The highest BCUT2D eigenvalue weighted by atomic mass is 79.9. The van der Waals surface area contributed by atoms with E-state index in [4.69, 9.17) is 11.6 Å². The van der Waals surface area contributed by atoms with E-state index in [2.05, 4.69) is 15.9 Å². The fourth-order valence-corrected chi connectivity index (χ4v) is 2.72. The molecule has 20 heavy (non-hydrogen) atoms. The number of aryl methyl sites for hydroxylation is 1. The van der Waals surface area contributed by atoms with E-state index in [1.54, 1.807) is 11.9 Å². The maximum absolute atomic E-state index is 12.4. The normalized spacial score (nSPS) is 10.4. The summed E-state index contributed by atoms with van der Waals surface area (Å²) in [6.45, 7) is 2.55. The minimum absolute atomic E-state index is 0.00757. The van der Waals surface area contributed by atoms with Crippen LogP contribution in [0, 0.1) is 6.92 Å². The van der Waals surface area contributed by atoms with E-state index >= 15 is 0 Å². The third-order valence-corrected chi connectivity index (χ3v) is 3.94. The maximum Gasteiger partial charge on any atom is 0.255 e. The Hall–Kier alpha value is -1.32. The molecule has 0 radical (unpaired) electrons. The van der Waals surface area contributed by atoms with Crippen LogP contribution in [0.2, 0.25) is 5.02 Å². The molecular formula is C16H15BrClNO. The fraction of sp³-hybridized carbons (Fsp3) is 0.188. The monoisotopic (exact) mass is 351 g/mol. The van der Waals surface area contributed by atoms with Gasteiger partial charge in [-0.15, -0.1) is 0 Å². The van der Waals surface area contributed by atoms with Crippen LogP contribution in [0.5, 0.6) is 0 Å². The number of rotatable bonds is 3. The minimum Gasteiger partial charge on any atom is -0.337 e. The van der Waals surface area contributed by atoms with Crippen LogP contribution in [0.1, 0.15) is 21.5 Å². The lowest BCUT2D eigenvalue weighted by atomic mass is 10.1. The second kappa shape index (κ2) is 6.42. The van der Waals surface area contributed by atoms with Gasteiger partial charge in [0.25, 0.3) is 5.91 Å². The third kappa shape index (κ3) is 3.62. The first-order valence-electron chi connectivity index (χ1n) is 6.23. The van der Waals surface area contributed by atoms with Gasteiger partial charge in [0.1, 0.15) is 0 Å². The van der Waals surface area contributed by atoms with Crippen molar-refractivity contribution in [2.45, 2.75) is 13.5 Å². The molecule has 0 saturated heterocycles. The van der Waals surface area contributed by atoms with Gasteiger partial charge in [0.15, 0.2) is 0 Å². The Kier molecular flexibility index (Phi) is 4.84. The van der Waals surface area contributed by atoms with Gasteiger partial charge < -0.3 is 4.90 Å². The van der Waals surface area contributed by atoms with Crippen LogP contribution in [0.3, 0.4) is 0 Å². The lowest BCUT2D eigenvalue weighted by Gasteiger charge is -2.18. The summed E-state index contributed by atoms with van der Waals surface area (Å²) >= 11 is 9.30. The first-order valence-corrected chi connectivity index (χ1v) is 7.40. The molecule has 0 aromatic heterocycles. The molecule has 0 spiro atoms. The van der Waals surface area contributed by atoms with Crippen molar-refractivity contribution < 1.29 is 4.79 Å². The number of hydrogen-bond donors (Lipinski definition) is 0. The molecule has 104 valence electrons. The van der Waals surface area contributed by atoms with E-state index in [-0.39, 0.29) is 5.91 Å². The van der Waals surface area contributed by atoms with Gasteiger partial charge >= 0.3 is 0 Å². The van der Waals surface area contributed by atoms with Crippen molar-refractivity contribution in [1.82, 2.24) is 4.90 Å². The zero-order valence-corrected chi connectivity index (χ0v) is 13.7. The molecule has 2 nitrogen and oxygen atoms in total. The second-order valence-corrected chi connectivity index (χ2v) is 6.06. The molecule has 0 N–H and O–H groups in total. The number of hydrogen-bond acceptors (Lipinski definition) is 1. The molecule has 2 aromatic rings. The molecule has 0 aliphatic carbocycles. The molecule has 0 aliphatic rings. The fourth-order valence-electron chi connectivity index (χ4n) is 1.93. The largest absolute Gasteiger partial charge is 0.337 e. The van der Waals surface area contributed by atoms with Gasteiger partial charge in [0, 0.05) is 23.1 Å². The summed E-state index contributed by atoms with van der Waals surface area (Å²) in [4.78, 5) is 14.1. The van der Waals surface area contributed by atoms with Gasteiger partial charge in [-0.1, -0.05) is 29.8 Å². The number of halogens is 2. The predicted octanol–water partition coefficient (Wildman–Crippen LogP) is 4.68. The van der Waals surface area contributed by atoms with Crippen LogP contribution in [0.4, 0.5) is 0 Å². The average Bonchev–Trinajstić information content (AvgIpc) is 2.40. The van der Waals surface area contributed by atoms with Crippen molar-refractivity contribution in [3.05, 3.63) is 68.7 Å². The lowest BCUT2D eigenvalue weighted by Crippen LogP contribution is -2.26. The smallest absolute Gasteiger partial charge is 0.255 e. The van der Waals surface area contributed by atoms with Crippen molar-refractivity contribution in [3.8, 4) is 0 Å². The van der Waals surface area contributed by atoms with Crippen LogP contribution in [-0.2, 0) is 6.54 Å². The summed E-state index contributed by atoms with van der Waals surface area (Å²) in [5.41, 5.74) is 2.84. The molecule has 0 fully saturated rings. The van der Waals surface area contributed by atoms with Crippen LogP contribution in [0.15, 0.2) is 46.9 Å². The summed E-state index contributed by atoms with van der Waals surface area (Å²) < 4.78 is 0.824. The van der Waals surface area contributed by atoms with Crippen molar-refractivity contribution >= 4 is 33.4 Å². The number of benzene rings is 2. The molecule has 0 bridgehead atoms. The number of carbonyl (C=O) groups excluding carboxylic acids is 1. The van der Waals surface area contributed by atoms with Gasteiger partial charge in [-0.2, -0.15) is 0 Å². The highest BCUT2D eigenvalue weighted by Crippen LogP contribution is 2.20. The SMILES string of the molecule is Cc1ccc(C(=O)N(C)Cc2ccc(Cl)cc2)c(Br)c1. The van der Waals surface area contributed by atoms with Gasteiger partial charge in [-0.3, -0.25) is 4.79 Å². The molecule has 0 heterocycles. The molecule has 0 saturated carbocycles.